The standard InChI is InChI=1S/C20H27F3N4/c1-14(2)27-12-15(3)18(13-27)26-19(24-4)25-10-6-8-16-7-5-9-17(11-16)20(21,22)23/h5,7,9,11,14-15,18H,10,12-13H2,1-4H3,(H2,24,25,26). The van der Waals surface area contributed by atoms with Crippen molar-refractivity contribution in [3.63, 3.8) is 0 Å². The second-order valence-electron chi connectivity index (χ2n) is 7.08. The fraction of sp³-hybridized carbons (Fsp3) is 0.550. The van der Waals surface area contributed by atoms with Gasteiger partial charge in [-0.15, -0.1) is 0 Å². The zero-order valence-electron chi connectivity index (χ0n) is 16.2. The molecular formula is C20H27F3N4. The van der Waals surface area contributed by atoms with Crippen molar-refractivity contribution in [1.29, 1.82) is 0 Å². The van der Waals surface area contributed by atoms with E-state index in [4.69, 9.17) is 0 Å². The third-order valence-corrected chi connectivity index (χ3v) is 4.68. The second kappa shape index (κ2) is 9.14. The van der Waals surface area contributed by atoms with Gasteiger partial charge in [0, 0.05) is 37.8 Å². The second-order valence-corrected chi connectivity index (χ2v) is 7.08. The van der Waals surface area contributed by atoms with Crippen LogP contribution < -0.4 is 10.6 Å². The van der Waals surface area contributed by atoms with Gasteiger partial charge in [-0.05, 0) is 38.0 Å². The minimum Gasteiger partial charge on any atom is -0.352 e. The van der Waals surface area contributed by atoms with Crippen molar-refractivity contribution in [2.75, 3.05) is 26.7 Å². The van der Waals surface area contributed by atoms with Crippen LogP contribution in [0.25, 0.3) is 0 Å². The maximum absolute atomic E-state index is 12.7. The highest BCUT2D eigenvalue weighted by Gasteiger charge is 2.31. The van der Waals surface area contributed by atoms with Crippen LogP contribution in [0.4, 0.5) is 13.2 Å². The van der Waals surface area contributed by atoms with E-state index in [0.717, 1.165) is 25.2 Å². The number of hydrogen-bond acceptors (Lipinski definition) is 2. The monoisotopic (exact) mass is 380 g/mol. The number of guanidine groups is 1. The molecule has 27 heavy (non-hydrogen) atoms. The molecule has 0 saturated carbocycles. The number of likely N-dealkylation sites (tertiary alicyclic amines) is 1. The molecule has 1 aromatic rings. The third kappa shape index (κ3) is 6.17. The predicted molar refractivity (Wildman–Crippen MR) is 102 cm³/mol. The van der Waals surface area contributed by atoms with Crippen molar-refractivity contribution in [3.8, 4) is 11.8 Å². The van der Waals surface area contributed by atoms with Crippen LogP contribution in [0.2, 0.25) is 0 Å². The molecule has 7 heteroatoms. The number of halogens is 3. The van der Waals surface area contributed by atoms with Crippen molar-refractivity contribution in [1.82, 2.24) is 15.5 Å². The number of nitrogens with zero attached hydrogens (tertiary/aromatic N) is 2. The van der Waals surface area contributed by atoms with Crippen molar-refractivity contribution in [2.24, 2.45) is 10.9 Å². The van der Waals surface area contributed by atoms with Gasteiger partial charge in [0.15, 0.2) is 5.96 Å². The molecular weight excluding hydrogens is 353 g/mol. The molecule has 0 aromatic heterocycles. The first-order valence-corrected chi connectivity index (χ1v) is 9.08. The van der Waals surface area contributed by atoms with Gasteiger partial charge in [-0.25, -0.2) is 0 Å². The van der Waals surface area contributed by atoms with Gasteiger partial charge in [0.25, 0.3) is 0 Å². The Labute approximate surface area is 159 Å². The van der Waals surface area contributed by atoms with Gasteiger partial charge in [-0.2, -0.15) is 13.2 Å². The summed E-state index contributed by atoms with van der Waals surface area (Å²) in [5, 5.41) is 6.51. The Morgan fingerprint density at radius 1 is 1.33 bits per heavy atom. The predicted octanol–water partition coefficient (Wildman–Crippen LogP) is 2.95. The van der Waals surface area contributed by atoms with Crippen LogP contribution in [0.15, 0.2) is 29.3 Å². The highest BCUT2D eigenvalue weighted by Crippen LogP contribution is 2.29. The summed E-state index contributed by atoms with van der Waals surface area (Å²) in [6, 6.07) is 5.83. The number of aliphatic imine (C=N–C) groups is 1. The van der Waals surface area contributed by atoms with Gasteiger partial charge in [0.1, 0.15) is 0 Å². The Hall–Kier alpha value is -2.20. The highest BCUT2D eigenvalue weighted by molar-refractivity contribution is 5.80. The molecule has 148 valence electrons. The maximum Gasteiger partial charge on any atom is 0.416 e. The summed E-state index contributed by atoms with van der Waals surface area (Å²) in [7, 11) is 1.69. The van der Waals surface area contributed by atoms with Gasteiger partial charge >= 0.3 is 6.18 Å². The molecule has 2 N–H and O–H groups in total. The first kappa shape index (κ1) is 21.1. The van der Waals surface area contributed by atoms with Crippen molar-refractivity contribution < 1.29 is 13.2 Å². The fourth-order valence-corrected chi connectivity index (χ4v) is 3.03. The quantitative estimate of drug-likeness (QED) is 0.481. The lowest BCUT2D eigenvalue weighted by Gasteiger charge is -2.21. The topological polar surface area (TPSA) is 39.7 Å². The average Bonchev–Trinajstić information content (AvgIpc) is 2.98. The normalized spacial score (nSPS) is 21.1. The molecule has 1 fully saturated rings. The van der Waals surface area contributed by atoms with E-state index in [9.17, 15) is 13.2 Å². The molecule has 0 amide bonds. The van der Waals surface area contributed by atoms with Crippen LogP contribution in [0.1, 0.15) is 31.9 Å². The lowest BCUT2D eigenvalue weighted by molar-refractivity contribution is -0.137. The summed E-state index contributed by atoms with van der Waals surface area (Å²) in [5.41, 5.74) is -0.351. The zero-order chi connectivity index (χ0) is 20.0. The minimum absolute atomic E-state index is 0.297. The first-order chi connectivity index (χ1) is 12.7. The minimum atomic E-state index is -4.36. The van der Waals surface area contributed by atoms with Crippen molar-refractivity contribution in [2.45, 2.75) is 39.0 Å². The number of benzene rings is 1. The smallest absolute Gasteiger partial charge is 0.352 e. The Kier molecular flexibility index (Phi) is 7.14. The Balaban J connectivity index is 1.89. The summed E-state index contributed by atoms with van der Waals surface area (Å²) < 4.78 is 38.2. The van der Waals surface area contributed by atoms with Gasteiger partial charge in [-0.1, -0.05) is 24.8 Å². The van der Waals surface area contributed by atoms with E-state index in [-0.39, 0.29) is 0 Å². The van der Waals surface area contributed by atoms with E-state index in [1.54, 1.807) is 13.1 Å². The van der Waals surface area contributed by atoms with E-state index in [1.165, 1.54) is 6.07 Å². The number of alkyl halides is 3. The Morgan fingerprint density at radius 3 is 2.67 bits per heavy atom. The largest absolute Gasteiger partial charge is 0.416 e. The van der Waals surface area contributed by atoms with Crippen LogP contribution in [0.3, 0.4) is 0 Å². The van der Waals surface area contributed by atoms with Crippen LogP contribution in [-0.4, -0.2) is 49.6 Å². The molecule has 0 aliphatic carbocycles. The Morgan fingerprint density at radius 2 is 2.07 bits per heavy atom. The highest BCUT2D eigenvalue weighted by atomic mass is 19.4. The molecule has 1 aliphatic rings. The van der Waals surface area contributed by atoms with Gasteiger partial charge in [0.2, 0.25) is 0 Å². The van der Waals surface area contributed by atoms with Crippen molar-refractivity contribution in [3.05, 3.63) is 35.4 Å². The molecule has 2 rings (SSSR count). The molecule has 1 heterocycles. The van der Waals surface area contributed by atoms with Crippen LogP contribution >= 0.6 is 0 Å². The molecule has 0 radical (unpaired) electrons. The van der Waals surface area contributed by atoms with E-state index >= 15 is 0 Å². The SMILES string of the molecule is CN=C(NCC#Cc1cccc(C(F)(F)F)c1)NC1CN(C(C)C)CC1C. The Bertz CT molecular complexity index is 716. The number of rotatable bonds is 3. The molecule has 2 unspecified atom stereocenters. The van der Waals surface area contributed by atoms with E-state index in [0.29, 0.717) is 36.1 Å². The zero-order valence-corrected chi connectivity index (χ0v) is 16.2. The summed E-state index contributed by atoms with van der Waals surface area (Å²) in [6.07, 6.45) is -4.36. The maximum atomic E-state index is 12.7. The van der Waals surface area contributed by atoms with Gasteiger partial charge in [0.05, 0.1) is 12.1 Å². The van der Waals surface area contributed by atoms with Crippen molar-refractivity contribution >= 4 is 5.96 Å². The molecule has 2 atom stereocenters. The van der Waals surface area contributed by atoms with Gasteiger partial charge in [-0.3, -0.25) is 9.89 Å². The fourth-order valence-electron chi connectivity index (χ4n) is 3.03. The molecule has 0 spiro atoms. The molecule has 1 aromatic carbocycles. The first-order valence-electron chi connectivity index (χ1n) is 9.08. The van der Waals surface area contributed by atoms with Crippen LogP contribution in [0.5, 0.6) is 0 Å². The molecule has 0 bridgehead atoms. The average molecular weight is 380 g/mol. The third-order valence-electron chi connectivity index (χ3n) is 4.68. The molecule has 4 nitrogen and oxygen atoms in total. The summed E-state index contributed by atoms with van der Waals surface area (Å²) in [5.74, 6) is 6.76. The lowest BCUT2D eigenvalue weighted by atomic mass is 10.1. The van der Waals surface area contributed by atoms with E-state index in [1.807, 2.05) is 0 Å². The summed E-state index contributed by atoms with van der Waals surface area (Å²) in [4.78, 5) is 6.63. The van der Waals surface area contributed by atoms with Gasteiger partial charge < -0.3 is 10.6 Å². The summed E-state index contributed by atoms with van der Waals surface area (Å²) in [6.45, 7) is 8.87. The van der Waals surface area contributed by atoms with Crippen LogP contribution in [-0.2, 0) is 6.18 Å². The lowest BCUT2D eigenvalue weighted by Crippen LogP contribution is -2.46. The van der Waals surface area contributed by atoms with E-state index < -0.39 is 11.7 Å². The number of nitrogens with one attached hydrogen (secondary N) is 2. The molecule has 1 saturated heterocycles. The summed E-state index contributed by atoms with van der Waals surface area (Å²) >= 11 is 0. The van der Waals surface area contributed by atoms with Crippen LogP contribution in [0, 0.1) is 17.8 Å². The number of hydrogen-bond donors (Lipinski definition) is 2. The van der Waals surface area contributed by atoms with E-state index in [2.05, 4.69) is 53.1 Å². The molecule has 1 aliphatic heterocycles.